The van der Waals surface area contributed by atoms with E-state index in [1.807, 2.05) is 18.2 Å². The molecule has 28 heavy (non-hydrogen) atoms. The number of anilines is 1. The number of nitrogens with one attached hydrogen (secondary N) is 1. The minimum Gasteiger partial charge on any atom is -0.493 e. The van der Waals surface area contributed by atoms with E-state index in [4.69, 9.17) is 9.47 Å². The highest BCUT2D eigenvalue weighted by Crippen LogP contribution is 2.28. The van der Waals surface area contributed by atoms with Crippen molar-refractivity contribution in [1.82, 2.24) is 4.98 Å². The van der Waals surface area contributed by atoms with Gasteiger partial charge in [0.1, 0.15) is 11.6 Å². The Morgan fingerprint density at radius 2 is 1.89 bits per heavy atom. The van der Waals surface area contributed by atoms with Gasteiger partial charge >= 0.3 is 0 Å². The average Bonchev–Trinajstić information content (AvgIpc) is 2.72. The number of pyridine rings is 1. The van der Waals surface area contributed by atoms with E-state index in [-0.39, 0.29) is 18.0 Å². The Hall–Kier alpha value is -3.56. The van der Waals surface area contributed by atoms with Crippen molar-refractivity contribution >= 4 is 41.0 Å². The van der Waals surface area contributed by atoms with Gasteiger partial charge in [0.05, 0.1) is 25.4 Å². The van der Waals surface area contributed by atoms with Crippen molar-refractivity contribution in [2.75, 3.05) is 19.5 Å². The van der Waals surface area contributed by atoms with Crippen LogP contribution < -0.4 is 14.8 Å². The SMILES string of the molecule is COc1ccc(/C=C(\C#N)C(=O)Nc2cccc3ncccc23)cc1OC.Cl. The Morgan fingerprint density at radius 1 is 1.11 bits per heavy atom. The zero-order valence-corrected chi connectivity index (χ0v) is 16.1. The van der Waals surface area contributed by atoms with Crippen LogP contribution in [0.1, 0.15) is 5.56 Å². The summed E-state index contributed by atoms with van der Waals surface area (Å²) in [6, 6.07) is 16.2. The van der Waals surface area contributed by atoms with Crippen LogP contribution >= 0.6 is 12.4 Å². The third-order valence-corrected chi connectivity index (χ3v) is 3.98. The average molecular weight is 396 g/mol. The van der Waals surface area contributed by atoms with E-state index in [1.54, 1.807) is 49.7 Å². The maximum atomic E-state index is 12.6. The van der Waals surface area contributed by atoms with Gasteiger partial charge in [-0.15, -0.1) is 12.4 Å². The van der Waals surface area contributed by atoms with Crippen LogP contribution in [-0.2, 0) is 4.79 Å². The molecule has 0 aliphatic carbocycles. The number of nitrogens with zero attached hydrogens (tertiary/aromatic N) is 2. The molecule has 3 aromatic rings. The van der Waals surface area contributed by atoms with E-state index in [9.17, 15) is 10.1 Å². The summed E-state index contributed by atoms with van der Waals surface area (Å²) in [6.45, 7) is 0. The predicted molar refractivity (Wildman–Crippen MR) is 111 cm³/mol. The fourth-order valence-corrected chi connectivity index (χ4v) is 2.66. The molecule has 0 bridgehead atoms. The normalized spacial score (nSPS) is 10.5. The van der Waals surface area contributed by atoms with Gasteiger partial charge in [-0.1, -0.05) is 12.1 Å². The zero-order valence-electron chi connectivity index (χ0n) is 15.3. The second-order valence-corrected chi connectivity index (χ2v) is 5.61. The molecule has 1 aromatic heterocycles. The largest absolute Gasteiger partial charge is 0.493 e. The molecule has 0 atom stereocenters. The van der Waals surface area contributed by atoms with Crippen molar-refractivity contribution in [2.24, 2.45) is 0 Å². The molecule has 1 amide bonds. The summed E-state index contributed by atoms with van der Waals surface area (Å²) in [5.74, 6) is 0.591. The van der Waals surface area contributed by atoms with Crippen LogP contribution in [0.2, 0.25) is 0 Å². The Bertz CT molecular complexity index is 1070. The lowest BCUT2D eigenvalue weighted by molar-refractivity contribution is -0.112. The number of methoxy groups -OCH3 is 2. The number of hydrogen-bond acceptors (Lipinski definition) is 5. The van der Waals surface area contributed by atoms with Gasteiger partial charge in [0, 0.05) is 11.6 Å². The van der Waals surface area contributed by atoms with Crippen LogP contribution in [0, 0.1) is 11.3 Å². The fraction of sp³-hybridized carbons (Fsp3) is 0.0952. The molecule has 1 heterocycles. The quantitative estimate of drug-likeness (QED) is 0.516. The Balaban J connectivity index is 0.00000280. The fourth-order valence-electron chi connectivity index (χ4n) is 2.66. The van der Waals surface area contributed by atoms with Crippen LogP contribution in [-0.4, -0.2) is 25.1 Å². The van der Waals surface area contributed by atoms with Crippen LogP contribution in [0.3, 0.4) is 0 Å². The highest BCUT2D eigenvalue weighted by Gasteiger charge is 2.12. The van der Waals surface area contributed by atoms with Gasteiger partial charge in [0.2, 0.25) is 0 Å². The van der Waals surface area contributed by atoms with Gasteiger partial charge in [0.25, 0.3) is 5.91 Å². The third kappa shape index (κ3) is 4.40. The summed E-state index contributed by atoms with van der Waals surface area (Å²) in [4.78, 5) is 16.9. The van der Waals surface area contributed by atoms with Gasteiger partial charge in [-0.05, 0) is 48.0 Å². The summed E-state index contributed by atoms with van der Waals surface area (Å²) < 4.78 is 10.4. The third-order valence-electron chi connectivity index (χ3n) is 3.98. The highest BCUT2D eigenvalue weighted by molar-refractivity contribution is 6.12. The van der Waals surface area contributed by atoms with E-state index in [1.165, 1.54) is 13.2 Å². The van der Waals surface area contributed by atoms with Crippen molar-refractivity contribution in [3.05, 3.63) is 65.9 Å². The number of rotatable bonds is 5. The van der Waals surface area contributed by atoms with E-state index in [0.29, 0.717) is 22.7 Å². The molecule has 1 N–H and O–H groups in total. The minimum atomic E-state index is -0.497. The van der Waals surface area contributed by atoms with Crippen LogP contribution in [0.25, 0.3) is 17.0 Å². The Kier molecular flexibility index (Phi) is 6.96. The van der Waals surface area contributed by atoms with E-state index >= 15 is 0 Å². The van der Waals surface area contributed by atoms with Crippen LogP contribution in [0.15, 0.2) is 60.3 Å². The first-order valence-electron chi connectivity index (χ1n) is 8.15. The smallest absolute Gasteiger partial charge is 0.266 e. The number of ether oxygens (including phenoxy) is 2. The van der Waals surface area contributed by atoms with Gasteiger partial charge in [-0.25, -0.2) is 0 Å². The molecule has 142 valence electrons. The van der Waals surface area contributed by atoms with E-state index in [2.05, 4.69) is 10.3 Å². The van der Waals surface area contributed by atoms with Crippen molar-refractivity contribution in [3.63, 3.8) is 0 Å². The molecule has 0 saturated heterocycles. The van der Waals surface area contributed by atoms with E-state index < -0.39 is 5.91 Å². The lowest BCUT2D eigenvalue weighted by atomic mass is 10.1. The summed E-state index contributed by atoms with van der Waals surface area (Å²) in [5.41, 5.74) is 1.98. The van der Waals surface area contributed by atoms with Crippen molar-refractivity contribution in [1.29, 1.82) is 5.26 Å². The molecule has 2 aromatic carbocycles. The summed E-state index contributed by atoms with van der Waals surface area (Å²) >= 11 is 0. The molecule has 0 saturated carbocycles. The number of fused-ring (bicyclic) bond motifs is 1. The molecule has 0 aliphatic rings. The zero-order chi connectivity index (χ0) is 19.2. The van der Waals surface area contributed by atoms with Crippen LogP contribution in [0.4, 0.5) is 5.69 Å². The van der Waals surface area contributed by atoms with Crippen molar-refractivity contribution in [3.8, 4) is 17.6 Å². The maximum absolute atomic E-state index is 12.6. The first kappa shape index (κ1) is 20.7. The van der Waals surface area contributed by atoms with Gasteiger partial charge < -0.3 is 14.8 Å². The molecular formula is C21H18ClN3O3. The molecule has 0 aliphatic heterocycles. The number of aromatic nitrogens is 1. The number of benzene rings is 2. The number of nitriles is 1. The number of carbonyl (C=O) groups is 1. The molecule has 0 spiro atoms. The first-order valence-corrected chi connectivity index (χ1v) is 8.15. The molecule has 6 nitrogen and oxygen atoms in total. The topological polar surface area (TPSA) is 84.2 Å². The summed E-state index contributed by atoms with van der Waals surface area (Å²) in [5, 5.41) is 13.0. The van der Waals surface area contributed by atoms with Crippen LogP contribution in [0.5, 0.6) is 11.5 Å². The molecule has 0 radical (unpaired) electrons. The number of carbonyl (C=O) groups excluding carboxylic acids is 1. The van der Waals surface area contributed by atoms with E-state index in [0.717, 1.165) is 10.9 Å². The second kappa shape index (κ2) is 9.40. The van der Waals surface area contributed by atoms with Crippen molar-refractivity contribution < 1.29 is 14.3 Å². The molecular weight excluding hydrogens is 378 g/mol. The number of hydrogen-bond donors (Lipinski definition) is 1. The lowest BCUT2D eigenvalue weighted by Gasteiger charge is -2.09. The number of amides is 1. The molecule has 3 rings (SSSR count). The minimum absolute atomic E-state index is 0. The second-order valence-electron chi connectivity index (χ2n) is 5.61. The monoisotopic (exact) mass is 395 g/mol. The first-order chi connectivity index (χ1) is 13.2. The summed E-state index contributed by atoms with van der Waals surface area (Å²) in [7, 11) is 3.07. The lowest BCUT2D eigenvalue weighted by Crippen LogP contribution is -2.13. The molecule has 0 unspecified atom stereocenters. The van der Waals surface area contributed by atoms with Gasteiger partial charge in [-0.3, -0.25) is 9.78 Å². The summed E-state index contributed by atoms with van der Waals surface area (Å²) in [6.07, 6.45) is 3.19. The highest BCUT2D eigenvalue weighted by atomic mass is 35.5. The Morgan fingerprint density at radius 3 is 2.61 bits per heavy atom. The Labute approximate surface area is 168 Å². The predicted octanol–water partition coefficient (Wildman–Crippen LogP) is 4.22. The number of halogens is 1. The molecule has 0 fully saturated rings. The van der Waals surface area contributed by atoms with Gasteiger partial charge in [-0.2, -0.15) is 5.26 Å². The standard InChI is InChI=1S/C21H17N3O3.ClH/c1-26-19-9-8-14(12-20(19)27-2)11-15(13-22)21(25)24-18-7-3-6-17-16(18)5-4-10-23-17;/h3-12H,1-2H3,(H,24,25);1H/b15-11+;. The molecule has 7 heteroatoms. The van der Waals surface area contributed by atoms with Crippen molar-refractivity contribution in [2.45, 2.75) is 0 Å². The van der Waals surface area contributed by atoms with Gasteiger partial charge in [0.15, 0.2) is 11.5 Å². The maximum Gasteiger partial charge on any atom is 0.266 e.